The minimum Gasteiger partial charge on any atom is -0.431 e. The molecule has 0 aliphatic heterocycles. The Morgan fingerprint density at radius 2 is 1.60 bits per heavy atom. The number of thiazole rings is 1. The minimum absolute atomic E-state index is 0.0397. The van der Waals surface area contributed by atoms with Gasteiger partial charge in [0, 0.05) is 11.6 Å². The summed E-state index contributed by atoms with van der Waals surface area (Å²) in [6.45, 7) is 0. The number of nitrogens with zero attached hydrogens (tertiary/aromatic N) is 1. The predicted molar refractivity (Wildman–Crippen MR) is 58.6 cm³/mol. The number of hydrogen-bond donors (Lipinski definition) is 0. The predicted octanol–water partition coefficient (Wildman–Crippen LogP) is 4.97. The van der Waals surface area contributed by atoms with Gasteiger partial charge >= 0.3 is 12.4 Å². The third kappa shape index (κ3) is 3.21. The highest BCUT2D eigenvalue weighted by Crippen LogP contribution is 2.42. The zero-order valence-corrected chi connectivity index (χ0v) is 10.2. The van der Waals surface area contributed by atoms with E-state index in [4.69, 9.17) is 4.74 Å². The smallest absolute Gasteiger partial charge is 0.417 e. The van der Waals surface area contributed by atoms with Crippen molar-refractivity contribution in [3.63, 3.8) is 0 Å². The van der Waals surface area contributed by atoms with E-state index in [0.717, 1.165) is 17.4 Å². The van der Waals surface area contributed by atoms with Crippen molar-refractivity contribution in [2.24, 2.45) is 0 Å². The number of benzene rings is 1. The fraction of sp³-hybridized carbons (Fsp3) is 0.182. The van der Waals surface area contributed by atoms with Crippen LogP contribution >= 0.6 is 11.3 Å². The van der Waals surface area contributed by atoms with E-state index in [1.54, 1.807) is 0 Å². The molecule has 108 valence electrons. The standard InChI is InChI=1S/C11H5F6NOS/c12-10(13,14)7-2-1-6(5-8(7)11(15,16)17)19-9-18-3-4-20-9/h1-5H. The van der Waals surface area contributed by atoms with E-state index in [9.17, 15) is 26.3 Å². The molecule has 1 aromatic heterocycles. The Kier molecular flexibility index (Phi) is 3.63. The van der Waals surface area contributed by atoms with Crippen LogP contribution in [0, 0.1) is 0 Å². The lowest BCUT2D eigenvalue weighted by molar-refractivity contribution is -0.162. The molecule has 0 unspecified atom stereocenters. The van der Waals surface area contributed by atoms with Crippen LogP contribution in [0.5, 0.6) is 10.9 Å². The molecule has 0 saturated heterocycles. The van der Waals surface area contributed by atoms with Crippen LogP contribution in [0.4, 0.5) is 26.3 Å². The zero-order valence-electron chi connectivity index (χ0n) is 9.42. The lowest BCUT2D eigenvalue weighted by atomic mass is 10.1. The van der Waals surface area contributed by atoms with Gasteiger partial charge in [-0.3, -0.25) is 0 Å². The van der Waals surface area contributed by atoms with Gasteiger partial charge in [-0.2, -0.15) is 26.3 Å². The molecule has 0 aliphatic rings. The van der Waals surface area contributed by atoms with Crippen molar-refractivity contribution in [1.29, 1.82) is 0 Å². The van der Waals surface area contributed by atoms with E-state index >= 15 is 0 Å². The summed E-state index contributed by atoms with van der Waals surface area (Å²) in [5, 5.41) is 1.56. The molecule has 2 nitrogen and oxygen atoms in total. The second-order valence-corrected chi connectivity index (χ2v) is 4.46. The summed E-state index contributed by atoms with van der Waals surface area (Å²) >= 11 is 1.00. The first-order valence-electron chi connectivity index (χ1n) is 5.04. The van der Waals surface area contributed by atoms with Crippen LogP contribution in [0.1, 0.15) is 11.1 Å². The van der Waals surface area contributed by atoms with Gasteiger partial charge < -0.3 is 4.74 Å². The third-order valence-corrected chi connectivity index (χ3v) is 2.86. The molecule has 1 heterocycles. The van der Waals surface area contributed by atoms with Crippen LogP contribution in [-0.2, 0) is 12.4 Å². The molecule has 2 rings (SSSR count). The van der Waals surface area contributed by atoms with Gasteiger partial charge in [0.05, 0.1) is 11.1 Å². The number of aromatic nitrogens is 1. The highest BCUT2D eigenvalue weighted by Gasteiger charge is 2.43. The molecule has 1 aromatic carbocycles. The lowest BCUT2D eigenvalue weighted by Crippen LogP contribution is -2.16. The number of halogens is 6. The summed E-state index contributed by atoms with van der Waals surface area (Å²) in [5.41, 5.74) is -3.55. The summed E-state index contributed by atoms with van der Waals surface area (Å²) in [7, 11) is 0. The highest BCUT2D eigenvalue weighted by atomic mass is 32.1. The number of ether oxygens (including phenoxy) is 1. The van der Waals surface area contributed by atoms with Crippen molar-refractivity contribution < 1.29 is 31.1 Å². The fourth-order valence-electron chi connectivity index (χ4n) is 1.43. The molecule has 0 aliphatic carbocycles. The Morgan fingerprint density at radius 1 is 0.950 bits per heavy atom. The Morgan fingerprint density at radius 3 is 2.10 bits per heavy atom. The van der Waals surface area contributed by atoms with Crippen LogP contribution < -0.4 is 4.74 Å². The molecule has 0 bridgehead atoms. The van der Waals surface area contributed by atoms with Crippen LogP contribution in [0.15, 0.2) is 29.8 Å². The topological polar surface area (TPSA) is 22.1 Å². The zero-order chi connectivity index (χ0) is 15.0. The van der Waals surface area contributed by atoms with Crippen LogP contribution in [0.25, 0.3) is 0 Å². The van der Waals surface area contributed by atoms with Crippen LogP contribution in [-0.4, -0.2) is 4.98 Å². The van der Waals surface area contributed by atoms with E-state index in [1.165, 1.54) is 11.6 Å². The molecule has 20 heavy (non-hydrogen) atoms. The summed E-state index contributed by atoms with van der Waals surface area (Å²) in [5.74, 6) is -0.361. The maximum Gasteiger partial charge on any atom is 0.417 e. The lowest BCUT2D eigenvalue weighted by Gasteiger charge is -2.16. The van der Waals surface area contributed by atoms with E-state index in [2.05, 4.69) is 4.98 Å². The van der Waals surface area contributed by atoms with Crippen molar-refractivity contribution in [3.8, 4) is 10.9 Å². The molecule has 0 N–H and O–H groups in total. The summed E-state index contributed by atoms with van der Waals surface area (Å²) in [6, 6.07) is 1.47. The average Bonchev–Trinajstić information content (AvgIpc) is 2.79. The Balaban J connectivity index is 2.44. The minimum atomic E-state index is -5.13. The quantitative estimate of drug-likeness (QED) is 0.730. The highest BCUT2D eigenvalue weighted by molar-refractivity contribution is 7.11. The normalized spacial score (nSPS) is 12.5. The maximum atomic E-state index is 12.7. The number of alkyl halides is 6. The number of rotatable bonds is 2. The van der Waals surface area contributed by atoms with Gasteiger partial charge in [0.15, 0.2) is 0 Å². The van der Waals surface area contributed by atoms with E-state index in [-0.39, 0.29) is 10.9 Å². The molecule has 0 amide bonds. The summed E-state index contributed by atoms with van der Waals surface area (Å²) in [4.78, 5) is 3.67. The Bertz CT molecular complexity index is 590. The summed E-state index contributed by atoms with van der Waals surface area (Å²) < 4.78 is 80.6. The molecule has 0 saturated carbocycles. The second-order valence-electron chi connectivity index (χ2n) is 3.60. The first-order chi connectivity index (χ1) is 9.18. The van der Waals surface area contributed by atoms with E-state index in [1.807, 2.05) is 0 Å². The summed E-state index contributed by atoms with van der Waals surface area (Å²) in [6.07, 6.45) is -8.87. The second kappa shape index (κ2) is 4.97. The van der Waals surface area contributed by atoms with Crippen molar-refractivity contribution in [2.45, 2.75) is 12.4 Å². The van der Waals surface area contributed by atoms with Crippen molar-refractivity contribution in [2.75, 3.05) is 0 Å². The molecule has 0 fully saturated rings. The van der Waals surface area contributed by atoms with Gasteiger partial charge in [0.1, 0.15) is 5.75 Å². The molecule has 0 atom stereocenters. The Labute approximate surface area is 112 Å². The fourth-order valence-corrected chi connectivity index (χ4v) is 1.93. The van der Waals surface area contributed by atoms with Gasteiger partial charge in [0.25, 0.3) is 5.19 Å². The van der Waals surface area contributed by atoms with Crippen LogP contribution in [0.2, 0.25) is 0 Å². The van der Waals surface area contributed by atoms with Crippen molar-refractivity contribution in [1.82, 2.24) is 4.98 Å². The van der Waals surface area contributed by atoms with Gasteiger partial charge in [-0.1, -0.05) is 11.3 Å². The maximum absolute atomic E-state index is 12.7. The molecule has 9 heteroatoms. The van der Waals surface area contributed by atoms with E-state index < -0.39 is 23.5 Å². The van der Waals surface area contributed by atoms with Crippen molar-refractivity contribution in [3.05, 3.63) is 40.9 Å². The molecular formula is C11H5F6NOS. The molecular weight excluding hydrogens is 308 g/mol. The molecule has 0 radical (unpaired) electrons. The van der Waals surface area contributed by atoms with E-state index in [0.29, 0.717) is 12.1 Å². The van der Waals surface area contributed by atoms with Crippen LogP contribution in [0.3, 0.4) is 0 Å². The first-order valence-corrected chi connectivity index (χ1v) is 5.91. The van der Waals surface area contributed by atoms with Gasteiger partial charge in [-0.15, -0.1) is 0 Å². The Hall–Kier alpha value is -1.77. The molecule has 0 spiro atoms. The molecule has 2 aromatic rings. The SMILES string of the molecule is FC(F)(F)c1ccc(Oc2nccs2)cc1C(F)(F)F. The van der Waals surface area contributed by atoms with Crippen molar-refractivity contribution >= 4 is 11.3 Å². The van der Waals surface area contributed by atoms with Gasteiger partial charge in [-0.05, 0) is 18.2 Å². The first kappa shape index (κ1) is 14.6. The average molecular weight is 313 g/mol. The van der Waals surface area contributed by atoms with Gasteiger partial charge in [-0.25, -0.2) is 4.98 Å². The monoisotopic (exact) mass is 313 g/mol. The largest absolute Gasteiger partial charge is 0.431 e. The third-order valence-electron chi connectivity index (χ3n) is 2.22. The number of hydrogen-bond acceptors (Lipinski definition) is 3. The van der Waals surface area contributed by atoms with Gasteiger partial charge in [0.2, 0.25) is 0 Å².